The molecule has 5 heteroatoms. The monoisotopic (exact) mass is 344 g/mol. The molecule has 1 unspecified atom stereocenters. The molecule has 1 heterocycles. The zero-order chi connectivity index (χ0) is 17.6. The summed E-state index contributed by atoms with van der Waals surface area (Å²) >= 11 is 0. The van der Waals surface area contributed by atoms with Crippen LogP contribution in [0, 0.1) is 0 Å². The smallest absolute Gasteiger partial charge is 0.184 e. The molecule has 4 nitrogen and oxygen atoms in total. The van der Waals surface area contributed by atoms with Gasteiger partial charge in [-0.2, -0.15) is 0 Å². The molecule has 24 heavy (non-hydrogen) atoms. The number of aryl methyl sites for hydroxylation is 1. The summed E-state index contributed by atoms with van der Waals surface area (Å²) in [5.41, 5.74) is 1.98. The van der Waals surface area contributed by atoms with Gasteiger partial charge >= 0.3 is 0 Å². The lowest BCUT2D eigenvalue weighted by Crippen LogP contribution is -2.30. The van der Waals surface area contributed by atoms with Crippen LogP contribution in [-0.2, 0) is 10.8 Å². The Balaban J connectivity index is 1.77. The maximum atomic E-state index is 9.33. The van der Waals surface area contributed by atoms with Crippen molar-refractivity contribution in [3.05, 3.63) is 42.5 Å². The molecule has 0 amide bonds. The molecular formula is C19H28N2O2Si. The summed E-state index contributed by atoms with van der Waals surface area (Å²) in [5, 5.41) is 9.33. The van der Waals surface area contributed by atoms with Crippen LogP contribution in [-0.4, -0.2) is 29.5 Å². The van der Waals surface area contributed by atoms with Crippen molar-refractivity contribution >= 4 is 8.32 Å². The molecule has 0 bridgehead atoms. The lowest BCUT2D eigenvalue weighted by molar-refractivity contribution is 0.199. The lowest BCUT2D eigenvalue weighted by Gasteiger charge is -2.23. The molecule has 0 fully saturated rings. The molecule has 0 aliphatic rings. The van der Waals surface area contributed by atoms with E-state index >= 15 is 0 Å². The topological polar surface area (TPSA) is 55.2 Å². The summed E-state index contributed by atoms with van der Waals surface area (Å²) in [5.74, 6) is 1.15. The van der Waals surface area contributed by atoms with Gasteiger partial charge in [0.1, 0.15) is 11.6 Å². The molecule has 2 aromatic rings. The minimum absolute atomic E-state index is 0.267. The van der Waals surface area contributed by atoms with Crippen LogP contribution in [0.4, 0.5) is 0 Å². The van der Waals surface area contributed by atoms with E-state index in [4.69, 9.17) is 4.43 Å². The second-order valence-electron chi connectivity index (χ2n) is 7.22. The molecule has 0 aliphatic carbocycles. The largest absolute Gasteiger partial charge is 0.508 e. The molecule has 0 spiro atoms. The number of phenolic OH excluding ortho intramolecular Hbond substituents is 1. The highest BCUT2D eigenvalue weighted by Gasteiger charge is 2.17. The first-order chi connectivity index (χ1) is 11.3. The highest BCUT2D eigenvalue weighted by atomic mass is 28.4. The number of benzene rings is 1. The van der Waals surface area contributed by atoms with Crippen LogP contribution in [0.3, 0.4) is 0 Å². The predicted molar refractivity (Wildman–Crippen MR) is 101 cm³/mol. The molecule has 1 N–H and O–H groups in total. The van der Waals surface area contributed by atoms with Crippen LogP contribution in [0.25, 0.3) is 11.1 Å². The number of unbranched alkanes of at least 4 members (excludes halogenated alkanes) is 1. The Hall–Kier alpha value is -1.72. The second kappa shape index (κ2) is 8.40. The molecule has 0 aliphatic heterocycles. The molecule has 1 atom stereocenters. The minimum Gasteiger partial charge on any atom is -0.508 e. The third kappa shape index (κ3) is 6.41. The summed E-state index contributed by atoms with van der Waals surface area (Å²) < 4.78 is 6.05. The van der Waals surface area contributed by atoms with Gasteiger partial charge in [0, 0.05) is 30.5 Å². The highest BCUT2D eigenvalue weighted by Crippen LogP contribution is 2.20. The fourth-order valence-electron chi connectivity index (χ4n) is 2.66. The summed E-state index contributed by atoms with van der Waals surface area (Å²) in [6.45, 7) is 8.86. The Kier molecular flexibility index (Phi) is 6.51. The first kappa shape index (κ1) is 18.6. The Morgan fingerprint density at radius 3 is 2.21 bits per heavy atom. The molecule has 0 radical (unpaired) electrons. The third-order valence-electron chi connectivity index (χ3n) is 3.72. The van der Waals surface area contributed by atoms with Crippen LogP contribution in [0.1, 0.15) is 32.0 Å². The number of hydrogen-bond acceptors (Lipinski definition) is 4. The van der Waals surface area contributed by atoms with E-state index < -0.39 is 8.32 Å². The van der Waals surface area contributed by atoms with Crippen LogP contribution in [0.15, 0.2) is 36.7 Å². The van der Waals surface area contributed by atoms with E-state index in [1.165, 1.54) is 0 Å². The number of hydrogen-bond donors (Lipinski definition) is 1. The lowest BCUT2D eigenvalue weighted by atomic mass is 10.1. The fraction of sp³-hybridized carbons (Fsp3) is 0.474. The quantitative estimate of drug-likeness (QED) is 0.552. The first-order valence-corrected chi connectivity index (χ1v) is 12.0. The van der Waals surface area contributed by atoms with Crippen LogP contribution < -0.4 is 0 Å². The van der Waals surface area contributed by atoms with Gasteiger partial charge in [0.05, 0.1) is 0 Å². The normalized spacial score (nSPS) is 13.0. The molecular weight excluding hydrogens is 316 g/mol. The number of rotatable bonds is 8. The first-order valence-electron chi connectivity index (χ1n) is 8.61. The van der Waals surface area contributed by atoms with E-state index in [-0.39, 0.29) is 5.75 Å². The summed E-state index contributed by atoms with van der Waals surface area (Å²) in [4.78, 5) is 8.91. The number of aromatic hydroxyl groups is 1. The van der Waals surface area contributed by atoms with Gasteiger partial charge in [-0.25, -0.2) is 9.97 Å². The Bertz CT molecular complexity index is 621. The Morgan fingerprint density at radius 1 is 1.00 bits per heavy atom. The maximum Gasteiger partial charge on any atom is 0.184 e. The van der Waals surface area contributed by atoms with Gasteiger partial charge < -0.3 is 9.53 Å². The zero-order valence-electron chi connectivity index (χ0n) is 15.1. The molecule has 2 rings (SSSR count). The van der Waals surface area contributed by atoms with Crippen LogP contribution >= 0.6 is 0 Å². The molecule has 1 aromatic carbocycles. The van der Waals surface area contributed by atoms with E-state index in [9.17, 15) is 5.11 Å². The van der Waals surface area contributed by atoms with Gasteiger partial charge in [0.25, 0.3) is 0 Å². The van der Waals surface area contributed by atoms with Gasteiger partial charge in [-0.3, -0.25) is 0 Å². The van der Waals surface area contributed by atoms with E-state index in [1.54, 1.807) is 12.1 Å². The van der Waals surface area contributed by atoms with E-state index in [1.807, 2.05) is 24.5 Å². The zero-order valence-corrected chi connectivity index (χ0v) is 16.1. The fourth-order valence-corrected chi connectivity index (χ4v) is 3.99. The van der Waals surface area contributed by atoms with Crippen molar-refractivity contribution < 1.29 is 9.53 Å². The number of phenols is 1. The van der Waals surface area contributed by atoms with Gasteiger partial charge in [-0.1, -0.05) is 18.6 Å². The second-order valence-corrected chi connectivity index (χ2v) is 11.7. The van der Waals surface area contributed by atoms with Crippen molar-refractivity contribution in [2.45, 2.75) is 58.4 Å². The van der Waals surface area contributed by atoms with E-state index in [0.29, 0.717) is 6.10 Å². The van der Waals surface area contributed by atoms with Crippen molar-refractivity contribution in [1.29, 1.82) is 0 Å². The average Bonchev–Trinajstić information content (AvgIpc) is 2.51. The van der Waals surface area contributed by atoms with Crippen molar-refractivity contribution in [2.24, 2.45) is 0 Å². The summed E-state index contributed by atoms with van der Waals surface area (Å²) in [6.07, 6.45) is 8.25. The Labute approximate surface area is 146 Å². The molecule has 1 aromatic heterocycles. The minimum atomic E-state index is -1.43. The van der Waals surface area contributed by atoms with Gasteiger partial charge in [0.2, 0.25) is 0 Å². The third-order valence-corrected chi connectivity index (χ3v) is 4.83. The van der Waals surface area contributed by atoms with Crippen LogP contribution in [0.2, 0.25) is 19.6 Å². The van der Waals surface area contributed by atoms with Gasteiger partial charge in [-0.15, -0.1) is 0 Å². The van der Waals surface area contributed by atoms with Crippen molar-refractivity contribution in [1.82, 2.24) is 9.97 Å². The maximum absolute atomic E-state index is 9.33. The van der Waals surface area contributed by atoms with Crippen molar-refractivity contribution in [3.63, 3.8) is 0 Å². The SMILES string of the molecule is CC(CCCCc1ncc(-c2ccc(O)cc2)cn1)O[Si](C)(C)C. The summed E-state index contributed by atoms with van der Waals surface area (Å²) in [7, 11) is -1.43. The average molecular weight is 345 g/mol. The van der Waals surface area contributed by atoms with Crippen LogP contribution in [0.5, 0.6) is 5.75 Å². The van der Waals surface area contributed by atoms with E-state index in [0.717, 1.165) is 42.6 Å². The highest BCUT2D eigenvalue weighted by molar-refractivity contribution is 6.69. The van der Waals surface area contributed by atoms with Crippen molar-refractivity contribution in [2.75, 3.05) is 0 Å². The summed E-state index contributed by atoms with van der Waals surface area (Å²) in [6, 6.07) is 7.08. The van der Waals surface area contributed by atoms with Gasteiger partial charge in [0.15, 0.2) is 8.32 Å². The number of nitrogens with zero attached hydrogens (tertiary/aromatic N) is 2. The Morgan fingerprint density at radius 2 is 1.62 bits per heavy atom. The molecule has 0 saturated carbocycles. The predicted octanol–water partition coefficient (Wildman–Crippen LogP) is 4.80. The van der Waals surface area contributed by atoms with Crippen molar-refractivity contribution in [3.8, 4) is 16.9 Å². The molecule has 130 valence electrons. The van der Waals surface area contributed by atoms with E-state index in [2.05, 4.69) is 36.5 Å². The number of aromatic nitrogens is 2. The molecule has 0 saturated heterocycles. The van der Waals surface area contributed by atoms with Gasteiger partial charge in [-0.05, 0) is 57.1 Å². The standard InChI is InChI=1S/C19H28N2O2Si/c1-15(23-24(2,3)4)7-5-6-8-19-20-13-17(14-21-19)16-9-11-18(22)12-10-16/h9-15,22H,5-8H2,1-4H3.